The van der Waals surface area contributed by atoms with E-state index in [1.807, 2.05) is 18.2 Å². The number of ether oxygens (including phenoxy) is 1. The van der Waals surface area contributed by atoms with E-state index in [1.165, 1.54) is 32.1 Å². The summed E-state index contributed by atoms with van der Waals surface area (Å²) in [6.07, 6.45) is 6.76. The molecular weight excluding hydrogens is 304 g/mol. The predicted octanol–water partition coefficient (Wildman–Crippen LogP) is 4.08. The molecule has 1 fully saturated rings. The number of halogens is 1. The predicted molar refractivity (Wildman–Crippen MR) is 80.2 cm³/mol. The number of nitrogens with one attached hydrogen (secondary N) is 1. The average Bonchev–Trinajstić information content (AvgIpc) is 2.45. The second-order valence-electron chi connectivity index (χ2n) is 4.86. The third-order valence-electron chi connectivity index (χ3n) is 3.43. The largest absolute Gasteiger partial charge is 0.382 e. The Morgan fingerprint density at radius 3 is 2.84 bits per heavy atom. The van der Waals surface area contributed by atoms with Gasteiger partial charge >= 0.3 is 0 Å². The highest BCUT2D eigenvalue weighted by atomic mass is 79.9. The first-order chi connectivity index (χ1) is 9.29. The van der Waals surface area contributed by atoms with Crippen molar-refractivity contribution >= 4 is 21.6 Å². The summed E-state index contributed by atoms with van der Waals surface area (Å²) in [5, 5.41) is 12.3. The lowest BCUT2D eigenvalue weighted by atomic mass is 9.98. The van der Waals surface area contributed by atoms with Gasteiger partial charge in [-0.25, -0.2) is 0 Å². The minimum Gasteiger partial charge on any atom is -0.382 e. The summed E-state index contributed by atoms with van der Waals surface area (Å²) in [6, 6.07) is 7.81. The Hall–Kier alpha value is -1.05. The van der Waals surface area contributed by atoms with E-state index < -0.39 is 0 Å². The lowest BCUT2D eigenvalue weighted by molar-refractivity contribution is 0.0347. The van der Waals surface area contributed by atoms with Gasteiger partial charge in [0, 0.05) is 11.0 Å². The number of hydrogen-bond donors (Lipinski definition) is 1. The van der Waals surface area contributed by atoms with Gasteiger partial charge in [-0.2, -0.15) is 5.26 Å². The van der Waals surface area contributed by atoms with Crippen LogP contribution in [0.15, 0.2) is 22.7 Å². The smallest absolute Gasteiger partial charge is 0.101 e. The van der Waals surface area contributed by atoms with Crippen LogP contribution in [0.4, 0.5) is 5.69 Å². The Morgan fingerprint density at radius 1 is 1.32 bits per heavy atom. The number of nitriles is 1. The second-order valence-corrected chi connectivity index (χ2v) is 5.77. The topological polar surface area (TPSA) is 45.0 Å². The van der Waals surface area contributed by atoms with Gasteiger partial charge in [0.2, 0.25) is 0 Å². The number of anilines is 1. The number of rotatable bonds is 5. The maximum atomic E-state index is 9.03. The lowest BCUT2D eigenvalue weighted by Gasteiger charge is -2.22. The Kier molecular flexibility index (Phi) is 5.68. The minimum atomic E-state index is 0.438. The van der Waals surface area contributed by atoms with Gasteiger partial charge < -0.3 is 10.1 Å². The van der Waals surface area contributed by atoms with Crippen molar-refractivity contribution < 1.29 is 4.74 Å². The summed E-state index contributed by atoms with van der Waals surface area (Å²) in [5.41, 5.74) is 1.53. The molecule has 1 saturated carbocycles. The molecule has 1 aliphatic rings. The molecule has 0 aliphatic heterocycles. The van der Waals surface area contributed by atoms with Crippen LogP contribution in [0.5, 0.6) is 0 Å². The normalized spacial score (nSPS) is 16.0. The van der Waals surface area contributed by atoms with Crippen LogP contribution in [0.1, 0.15) is 37.7 Å². The van der Waals surface area contributed by atoms with Gasteiger partial charge in [0.05, 0.1) is 24.0 Å². The fraction of sp³-hybridized carbons (Fsp3) is 0.533. The molecule has 1 aromatic carbocycles. The van der Waals surface area contributed by atoms with E-state index in [-0.39, 0.29) is 0 Å². The molecule has 19 heavy (non-hydrogen) atoms. The maximum absolute atomic E-state index is 9.03. The van der Waals surface area contributed by atoms with Crippen LogP contribution in [0.25, 0.3) is 0 Å². The molecule has 0 unspecified atom stereocenters. The zero-order valence-electron chi connectivity index (χ0n) is 11.0. The van der Waals surface area contributed by atoms with Gasteiger partial charge in [0.1, 0.15) is 6.07 Å². The molecule has 0 heterocycles. The highest BCUT2D eigenvalue weighted by molar-refractivity contribution is 9.10. The van der Waals surface area contributed by atoms with E-state index in [9.17, 15) is 0 Å². The van der Waals surface area contributed by atoms with E-state index in [2.05, 4.69) is 27.3 Å². The van der Waals surface area contributed by atoms with Gasteiger partial charge in [-0.15, -0.1) is 0 Å². The third kappa shape index (κ3) is 4.52. The van der Waals surface area contributed by atoms with Crippen LogP contribution < -0.4 is 5.32 Å². The zero-order valence-corrected chi connectivity index (χ0v) is 12.6. The fourth-order valence-electron chi connectivity index (χ4n) is 2.40. The zero-order chi connectivity index (χ0) is 13.5. The first kappa shape index (κ1) is 14.4. The van der Waals surface area contributed by atoms with Gasteiger partial charge in [0.15, 0.2) is 0 Å². The summed E-state index contributed by atoms with van der Waals surface area (Å²) in [4.78, 5) is 0. The van der Waals surface area contributed by atoms with Crippen LogP contribution >= 0.6 is 15.9 Å². The average molecular weight is 323 g/mol. The molecule has 3 nitrogen and oxygen atoms in total. The molecule has 1 aromatic rings. The molecule has 1 N–H and O–H groups in total. The summed E-state index contributed by atoms with van der Waals surface area (Å²) < 4.78 is 6.83. The highest BCUT2D eigenvalue weighted by Crippen LogP contribution is 2.21. The van der Waals surface area contributed by atoms with Crippen LogP contribution in [0.3, 0.4) is 0 Å². The molecule has 0 spiro atoms. The number of hydrogen-bond acceptors (Lipinski definition) is 3. The number of benzene rings is 1. The van der Waals surface area contributed by atoms with Crippen molar-refractivity contribution in [3.63, 3.8) is 0 Å². The molecule has 0 amide bonds. The third-order valence-corrected chi connectivity index (χ3v) is 3.92. The molecule has 0 atom stereocenters. The van der Waals surface area contributed by atoms with Crippen molar-refractivity contribution in [2.75, 3.05) is 18.5 Å². The number of nitrogens with zero attached hydrogens (tertiary/aromatic N) is 1. The first-order valence-corrected chi connectivity index (χ1v) is 7.64. The molecule has 0 bridgehead atoms. The van der Waals surface area contributed by atoms with Gasteiger partial charge in [-0.1, -0.05) is 35.2 Å². The van der Waals surface area contributed by atoms with Crippen LogP contribution in [0, 0.1) is 11.3 Å². The molecular formula is C15H19BrN2O. The van der Waals surface area contributed by atoms with Gasteiger partial charge in [-0.3, -0.25) is 0 Å². The SMILES string of the molecule is N#Cc1ccc(Br)cc1NCCOC1CCCCC1. The Labute approximate surface area is 123 Å². The van der Waals surface area contributed by atoms with E-state index in [0.29, 0.717) is 18.3 Å². The summed E-state index contributed by atoms with van der Waals surface area (Å²) >= 11 is 3.42. The highest BCUT2D eigenvalue weighted by Gasteiger charge is 2.13. The molecule has 102 valence electrons. The van der Waals surface area contributed by atoms with E-state index in [1.54, 1.807) is 0 Å². The maximum Gasteiger partial charge on any atom is 0.101 e. The van der Waals surface area contributed by atoms with Crippen molar-refractivity contribution in [2.45, 2.75) is 38.2 Å². The quantitative estimate of drug-likeness (QED) is 0.831. The molecule has 0 saturated heterocycles. The van der Waals surface area contributed by atoms with Crippen LogP contribution in [-0.4, -0.2) is 19.3 Å². The summed E-state index contributed by atoms with van der Waals surface area (Å²) in [7, 11) is 0. The molecule has 2 rings (SSSR count). The lowest BCUT2D eigenvalue weighted by Crippen LogP contribution is -2.20. The van der Waals surface area contributed by atoms with Crippen molar-refractivity contribution in [3.8, 4) is 6.07 Å². The molecule has 0 radical (unpaired) electrons. The van der Waals surface area contributed by atoms with Crippen LogP contribution in [0.2, 0.25) is 0 Å². The monoisotopic (exact) mass is 322 g/mol. The molecule has 0 aromatic heterocycles. The van der Waals surface area contributed by atoms with Crippen molar-refractivity contribution in [1.82, 2.24) is 0 Å². The summed E-state index contributed by atoms with van der Waals surface area (Å²) in [6.45, 7) is 1.43. The van der Waals surface area contributed by atoms with Crippen LogP contribution in [-0.2, 0) is 4.74 Å². The Morgan fingerprint density at radius 2 is 2.11 bits per heavy atom. The molecule has 4 heteroatoms. The Bertz CT molecular complexity index is 450. The Balaban J connectivity index is 1.76. The van der Waals surface area contributed by atoms with E-state index >= 15 is 0 Å². The van der Waals surface area contributed by atoms with Crippen molar-refractivity contribution in [2.24, 2.45) is 0 Å². The van der Waals surface area contributed by atoms with E-state index in [0.717, 1.165) is 16.7 Å². The van der Waals surface area contributed by atoms with Crippen molar-refractivity contribution in [3.05, 3.63) is 28.2 Å². The first-order valence-electron chi connectivity index (χ1n) is 6.85. The standard InChI is InChI=1S/C15H19BrN2O/c16-13-7-6-12(11-17)15(10-13)18-8-9-19-14-4-2-1-3-5-14/h6-7,10,14,18H,1-5,8-9H2. The van der Waals surface area contributed by atoms with E-state index in [4.69, 9.17) is 10.00 Å². The second kappa shape index (κ2) is 7.52. The summed E-state index contributed by atoms with van der Waals surface area (Å²) in [5.74, 6) is 0. The molecule has 1 aliphatic carbocycles. The fourth-order valence-corrected chi connectivity index (χ4v) is 2.76. The van der Waals surface area contributed by atoms with Crippen molar-refractivity contribution in [1.29, 1.82) is 5.26 Å². The minimum absolute atomic E-state index is 0.438. The van der Waals surface area contributed by atoms with Gasteiger partial charge in [0.25, 0.3) is 0 Å². The van der Waals surface area contributed by atoms with Gasteiger partial charge in [-0.05, 0) is 31.0 Å².